The van der Waals surface area contributed by atoms with Gasteiger partial charge in [-0.25, -0.2) is 14.4 Å². The lowest BCUT2D eigenvalue weighted by Gasteiger charge is -2.19. The van der Waals surface area contributed by atoms with Crippen molar-refractivity contribution in [2.45, 2.75) is 31.7 Å². The Labute approximate surface area is 192 Å². The highest BCUT2D eigenvalue weighted by Crippen LogP contribution is 2.47. The summed E-state index contributed by atoms with van der Waals surface area (Å²) in [6.45, 7) is 4.10. The molecule has 158 valence electrons. The Morgan fingerprint density at radius 1 is 1.17 bits per heavy atom. The van der Waals surface area contributed by atoms with Gasteiger partial charge in [0.1, 0.15) is 12.1 Å². The first-order valence-corrected chi connectivity index (χ1v) is 9.91. The standard InChI is InChI=1S/C22H25FN6.HI/c1-2-24-21(26-14-22(9-10-22)18-7-4-8-19(23)12-18)25-13-16-5-3-6-17(11-16)20-27-15-28-29-20;/h3-8,11-12,15H,2,9-10,13-14H2,1H3,(H2,24,25,26)(H,27,28,29);1H. The number of aliphatic imine (C=N–C) groups is 1. The summed E-state index contributed by atoms with van der Waals surface area (Å²) in [5.41, 5.74) is 3.13. The lowest BCUT2D eigenvalue weighted by molar-refractivity contribution is 0.607. The quantitative estimate of drug-likeness (QED) is 0.250. The molecule has 8 heteroatoms. The molecule has 0 aliphatic heterocycles. The third-order valence-corrected chi connectivity index (χ3v) is 5.26. The predicted molar refractivity (Wildman–Crippen MR) is 127 cm³/mol. The zero-order valence-corrected chi connectivity index (χ0v) is 19.2. The SMILES string of the molecule is CCNC(=NCc1cccc(-c2ncn[nH]2)c1)NCC1(c2cccc(F)c2)CC1.I. The van der Waals surface area contributed by atoms with E-state index in [0.717, 1.165) is 54.4 Å². The Balaban J connectivity index is 0.00000256. The third-order valence-electron chi connectivity index (χ3n) is 5.26. The first kappa shape index (κ1) is 22.2. The maximum Gasteiger partial charge on any atom is 0.191 e. The topological polar surface area (TPSA) is 78.0 Å². The summed E-state index contributed by atoms with van der Waals surface area (Å²) < 4.78 is 13.6. The van der Waals surface area contributed by atoms with E-state index in [9.17, 15) is 4.39 Å². The second-order valence-electron chi connectivity index (χ2n) is 7.37. The molecule has 30 heavy (non-hydrogen) atoms. The molecule has 4 rings (SSSR count). The summed E-state index contributed by atoms with van der Waals surface area (Å²) >= 11 is 0. The van der Waals surface area contributed by atoms with Crippen molar-refractivity contribution in [2.75, 3.05) is 13.1 Å². The van der Waals surface area contributed by atoms with Crippen LogP contribution in [0.15, 0.2) is 59.9 Å². The van der Waals surface area contributed by atoms with Crippen molar-refractivity contribution in [1.82, 2.24) is 25.8 Å². The Hall–Kier alpha value is -2.49. The van der Waals surface area contributed by atoms with Crippen molar-refractivity contribution < 1.29 is 4.39 Å². The summed E-state index contributed by atoms with van der Waals surface area (Å²) in [6, 6.07) is 15.0. The molecule has 1 saturated carbocycles. The monoisotopic (exact) mass is 520 g/mol. The van der Waals surface area contributed by atoms with Crippen molar-refractivity contribution in [3.8, 4) is 11.4 Å². The molecular formula is C22H26FIN6. The molecule has 3 N–H and O–H groups in total. The highest BCUT2D eigenvalue weighted by Gasteiger charge is 2.44. The van der Waals surface area contributed by atoms with Gasteiger partial charge in [-0.05, 0) is 49.1 Å². The maximum absolute atomic E-state index is 13.6. The van der Waals surface area contributed by atoms with Gasteiger partial charge in [-0.2, -0.15) is 5.10 Å². The smallest absolute Gasteiger partial charge is 0.191 e. The van der Waals surface area contributed by atoms with Crippen LogP contribution in [0.25, 0.3) is 11.4 Å². The molecule has 1 aliphatic carbocycles. The minimum Gasteiger partial charge on any atom is -0.357 e. The molecule has 1 heterocycles. The van der Waals surface area contributed by atoms with Crippen LogP contribution in [0.1, 0.15) is 30.9 Å². The Bertz CT molecular complexity index is 985. The molecule has 0 radical (unpaired) electrons. The van der Waals surface area contributed by atoms with Crippen LogP contribution in [-0.2, 0) is 12.0 Å². The second kappa shape index (κ2) is 10.0. The van der Waals surface area contributed by atoms with Crippen LogP contribution in [0.2, 0.25) is 0 Å². The van der Waals surface area contributed by atoms with Gasteiger partial charge < -0.3 is 10.6 Å². The summed E-state index contributed by atoms with van der Waals surface area (Å²) in [5, 5.41) is 13.5. The van der Waals surface area contributed by atoms with Gasteiger partial charge in [-0.1, -0.05) is 30.3 Å². The fraction of sp³-hybridized carbons (Fsp3) is 0.318. The number of nitrogens with zero attached hydrogens (tertiary/aromatic N) is 3. The van der Waals surface area contributed by atoms with Crippen LogP contribution < -0.4 is 10.6 Å². The largest absolute Gasteiger partial charge is 0.357 e. The van der Waals surface area contributed by atoms with Gasteiger partial charge in [0.05, 0.1) is 6.54 Å². The average molecular weight is 520 g/mol. The molecule has 0 atom stereocenters. The summed E-state index contributed by atoms with van der Waals surface area (Å²) in [7, 11) is 0. The maximum atomic E-state index is 13.6. The normalized spacial score (nSPS) is 14.7. The van der Waals surface area contributed by atoms with E-state index >= 15 is 0 Å². The molecule has 1 fully saturated rings. The minimum absolute atomic E-state index is 0. The van der Waals surface area contributed by atoms with Crippen LogP contribution in [0, 0.1) is 5.82 Å². The molecule has 0 spiro atoms. The van der Waals surface area contributed by atoms with Crippen molar-refractivity contribution in [2.24, 2.45) is 4.99 Å². The summed E-state index contributed by atoms with van der Waals surface area (Å²) in [6.07, 6.45) is 3.61. The number of guanidine groups is 1. The van der Waals surface area contributed by atoms with Gasteiger partial charge in [-0.15, -0.1) is 24.0 Å². The van der Waals surface area contributed by atoms with Crippen LogP contribution >= 0.6 is 24.0 Å². The van der Waals surface area contributed by atoms with Gasteiger partial charge in [0.2, 0.25) is 0 Å². The van der Waals surface area contributed by atoms with E-state index < -0.39 is 0 Å². The Morgan fingerprint density at radius 2 is 2.00 bits per heavy atom. The van der Waals surface area contributed by atoms with E-state index in [1.54, 1.807) is 12.1 Å². The van der Waals surface area contributed by atoms with Gasteiger partial charge in [0.25, 0.3) is 0 Å². The molecular weight excluding hydrogens is 494 g/mol. The van der Waals surface area contributed by atoms with Crippen LogP contribution in [0.5, 0.6) is 0 Å². The highest BCUT2D eigenvalue weighted by molar-refractivity contribution is 14.0. The number of H-pyrrole nitrogens is 1. The number of hydrogen-bond acceptors (Lipinski definition) is 3. The molecule has 1 aliphatic rings. The fourth-order valence-electron chi connectivity index (χ4n) is 3.46. The fourth-order valence-corrected chi connectivity index (χ4v) is 3.46. The van der Waals surface area contributed by atoms with Crippen LogP contribution in [-0.4, -0.2) is 34.2 Å². The van der Waals surface area contributed by atoms with E-state index in [4.69, 9.17) is 4.99 Å². The number of rotatable bonds is 7. The van der Waals surface area contributed by atoms with E-state index in [1.807, 2.05) is 31.2 Å². The summed E-state index contributed by atoms with van der Waals surface area (Å²) in [4.78, 5) is 8.92. The van der Waals surface area contributed by atoms with Gasteiger partial charge in [0, 0.05) is 24.1 Å². The predicted octanol–water partition coefficient (Wildman–Crippen LogP) is 4.02. The second-order valence-corrected chi connectivity index (χ2v) is 7.37. The van der Waals surface area contributed by atoms with Crippen LogP contribution in [0.3, 0.4) is 0 Å². The molecule has 0 bridgehead atoms. The molecule has 0 saturated heterocycles. The van der Waals surface area contributed by atoms with E-state index in [1.165, 1.54) is 12.4 Å². The first-order valence-electron chi connectivity index (χ1n) is 9.91. The average Bonchev–Trinajstić information content (AvgIpc) is 3.33. The molecule has 2 aromatic carbocycles. The first-order chi connectivity index (χ1) is 14.2. The summed E-state index contributed by atoms with van der Waals surface area (Å²) in [5.74, 6) is 1.33. The number of aromatic amines is 1. The molecule has 3 aromatic rings. The van der Waals surface area contributed by atoms with Crippen molar-refractivity contribution in [3.05, 3.63) is 71.8 Å². The van der Waals surface area contributed by atoms with Crippen molar-refractivity contribution in [1.29, 1.82) is 0 Å². The van der Waals surface area contributed by atoms with E-state index in [-0.39, 0.29) is 35.2 Å². The third kappa shape index (κ3) is 5.35. The van der Waals surface area contributed by atoms with Gasteiger partial charge in [-0.3, -0.25) is 5.10 Å². The molecule has 6 nitrogen and oxygen atoms in total. The Kier molecular flexibility index (Phi) is 7.41. The Morgan fingerprint density at radius 3 is 2.70 bits per heavy atom. The van der Waals surface area contributed by atoms with Crippen LogP contribution in [0.4, 0.5) is 4.39 Å². The molecule has 0 unspecified atom stereocenters. The lowest BCUT2D eigenvalue weighted by atomic mass is 9.96. The number of hydrogen-bond donors (Lipinski definition) is 3. The van der Waals surface area contributed by atoms with E-state index in [2.05, 4.69) is 31.9 Å². The van der Waals surface area contributed by atoms with E-state index in [0.29, 0.717) is 6.54 Å². The number of aromatic nitrogens is 3. The number of benzene rings is 2. The van der Waals surface area contributed by atoms with Gasteiger partial charge in [0.15, 0.2) is 11.8 Å². The number of nitrogens with one attached hydrogen (secondary N) is 3. The minimum atomic E-state index is -0.180. The number of halogens is 2. The lowest BCUT2D eigenvalue weighted by Crippen LogP contribution is -2.41. The zero-order chi connectivity index (χ0) is 20.1. The van der Waals surface area contributed by atoms with Crippen molar-refractivity contribution in [3.63, 3.8) is 0 Å². The van der Waals surface area contributed by atoms with Crippen molar-refractivity contribution >= 4 is 29.9 Å². The molecule has 0 amide bonds. The zero-order valence-electron chi connectivity index (χ0n) is 16.9. The molecule has 1 aromatic heterocycles. The highest BCUT2D eigenvalue weighted by atomic mass is 127. The van der Waals surface area contributed by atoms with Gasteiger partial charge >= 0.3 is 0 Å².